The Labute approximate surface area is 196 Å². The molecule has 0 fully saturated rings. The van der Waals surface area contributed by atoms with Gasteiger partial charge in [-0.1, -0.05) is 12.1 Å². The van der Waals surface area contributed by atoms with E-state index < -0.39 is 33.3 Å². The molecule has 9 nitrogen and oxygen atoms in total. The number of hydrogen-bond acceptors (Lipinski definition) is 7. The van der Waals surface area contributed by atoms with Gasteiger partial charge < -0.3 is 15.4 Å². The minimum Gasteiger partial charge on any atom is -0.452 e. The highest BCUT2D eigenvalue weighted by atomic mass is 32.2. The molecule has 2 atom stereocenters. The van der Waals surface area contributed by atoms with Crippen molar-refractivity contribution in [3.05, 3.63) is 48.5 Å². The van der Waals surface area contributed by atoms with Crippen LogP contribution in [0.2, 0.25) is 0 Å². The molecule has 11 heteroatoms. The molecule has 0 bridgehead atoms. The highest BCUT2D eigenvalue weighted by molar-refractivity contribution is 8.01. The van der Waals surface area contributed by atoms with E-state index in [4.69, 9.17) is 4.74 Å². The van der Waals surface area contributed by atoms with E-state index >= 15 is 0 Å². The van der Waals surface area contributed by atoms with Crippen molar-refractivity contribution in [3.8, 4) is 0 Å². The maximum atomic E-state index is 12.4. The number of nitrogens with one attached hydrogen (secondary N) is 3. The maximum absolute atomic E-state index is 12.4. The van der Waals surface area contributed by atoms with Gasteiger partial charge in [0, 0.05) is 16.6 Å². The molecule has 0 aliphatic carbocycles. The Bertz CT molecular complexity index is 1150. The van der Waals surface area contributed by atoms with Crippen LogP contribution in [-0.4, -0.2) is 43.6 Å². The van der Waals surface area contributed by atoms with E-state index in [1.807, 2.05) is 18.2 Å². The predicted octanol–water partition coefficient (Wildman–Crippen LogP) is 2.75. The lowest BCUT2D eigenvalue weighted by Gasteiger charge is -2.23. The summed E-state index contributed by atoms with van der Waals surface area (Å²) in [6.07, 6.45) is -1.29. The van der Waals surface area contributed by atoms with Crippen LogP contribution in [-0.2, 0) is 29.1 Å². The number of amides is 2. The molecule has 2 amide bonds. The minimum absolute atomic E-state index is 0.0681. The first kappa shape index (κ1) is 24.7. The van der Waals surface area contributed by atoms with Gasteiger partial charge in [0.25, 0.3) is 5.91 Å². The minimum atomic E-state index is -3.64. The van der Waals surface area contributed by atoms with Gasteiger partial charge in [-0.15, -0.1) is 11.8 Å². The predicted molar refractivity (Wildman–Crippen MR) is 125 cm³/mol. The Morgan fingerprint density at radius 1 is 1.09 bits per heavy atom. The number of benzene rings is 2. The third-order valence-electron chi connectivity index (χ3n) is 4.56. The highest BCUT2D eigenvalue weighted by Crippen LogP contribution is 2.36. The Morgan fingerprint density at radius 3 is 2.42 bits per heavy atom. The van der Waals surface area contributed by atoms with Crippen LogP contribution < -0.4 is 15.4 Å². The molecule has 2 aromatic rings. The number of sulfonamides is 1. The number of carbonyl (C=O) groups excluding carboxylic acids is 3. The van der Waals surface area contributed by atoms with E-state index in [2.05, 4.69) is 15.4 Å². The standard InChI is InChI=1S/C22H25N3O6S2/c1-13(2)25-33(29,30)16-10-8-15(9-11-16)23-21(27)14(3)31-20(26)12-19-22(28)24-17-6-4-5-7-18(17)32-19/h4-11,13-14,19,25H,12H2,1-3H3,(H,23,27)(H,24,28)/t14-,19-/m0/s1. The monoisotopic (exact) mass is 491 g/mol. The number of thioether (sulfide) groups is 1. The maximum Gasteiger partial charge on any atom is 0.308 e. The van der Waals surface area contributed by atoms with Crippen molar-refractivity contribution in [1.82, 2.24) is 4.72 Å². The van der Waals surface area contributed by atoms with Crippen molar-refractivity contribution in [2.24, 2.45) is 0 Å². The number of carbonyl (C=O) groups is 3. The summed E-state index contributed by atoms with van der Waals surface area (Å²) in [6.45, 7) is 4.85. The lowest BCUT2D eigenvalue weighted by atomic mass is 10.2. The summed E-state index contributed by atoms with van der Waals surface area (Å²) in [4.78, 5) is 37.9. The van der Waals surface area contributed by atoms with Gasteiger partial charge in [-0.25, -0.2) is 13.1 Å². The first-order valence-corrected chi connectivity index (χ1v) is 12.6. The Hall–Kier alpha value is -2.89. The molecular formula is C22H25N3O6S2. The van der Waals surface area contributed by atoms with Gasteiger partial charge in [-0.3, -0.25) is 14.4 Å². The van der Waals surface area contributed by atoms with E-state index in [0.717, 1.165) is 4.90 Å². The highest BCUT2D eigenvalue weighted by Gasteiger charge is 2.30. The molecule has 0 saturated heterocycles. The normalized spacial score (nSPS) is 16.5. The quantitative estimate of drug-likeness (QED) is 0.484. The largest absolute Gasteiger partial charge is 0.452 e. The lowest BCUT2D eigenvalue weighted by Crippen LogP contribution is -2.34. The summed E-state index contributed by atoms with van der Waals surface area (Å²) in [7, 11) is -3.64. The molecule has 1 aliphatic rings. The van der Waals surface area contributed by atoms with Gasteiger partial charge in [-0.05, 0) is 57.2 Å². The van der Waals surface area contributed by atoms with Crippen molar-refractivity contribution in [3.63, 3.8) is 0 Å². The SMILES string of the molecule is CC(C)NS(=O)(=O)c1ccc(NC(=O)[C@H](C)OC(=O)C[C@@H]2Sc3ccccc3NC2=O)cc1. The molecule has 0 radical (unpaired) electrons. The third-order valence-corrected chi connectivity index (χ3v) is 7.51. The first-order valence-electron chi connectivity index (χ1n) is 10.2. The third kappa shape index (κ3) is 6.56. The molecule has 33 heavy (non-hydrogen) atoms. The average molecular weight is 492 g/mol. The zero-order valence-corrected chi connectivity index (χ0v) is 20.0. The summed E-state index contributed by atoms with van der Waals surface area (Å²) in [5, 5.41) is 4.68. The van der Waals surface area contributed by atoms with Gasteiger partial charge in [0.05, 0.1) is 22.3 Å². The number of fused-ring (bicyclic) bond motifs is 1. The fourth-order valence-corrected chi connectivity index (χ4v) is 5.36. The van der Waals surface area contributed by atoms with Crippen LogP contribution in [0.3, 0.4) is 0 Å². The topological polar surface area (TPSA) is 131 Å². The second-order valence-corrected chi connectivity index (χ2v) is 10.7. The molecule has 0 unspecified atom stereocenters. The molecule has 2 aromatic carbocycles. The summed E-state index contributed by atoms with van der Waals surface area (Å²) < 4.78 is 32.0. The van der Waals surface area contributed by atoms with Crippen LogP contribution in [0, 0.1) is 0 Å². The number of hydrogen-bond donors (Lipinski definition) is 3. The van der Waals surface area contributed by atoms with E-state index in [1.54, 1.807) is 19.9 Å². The number of para-hydroxylation sites is 1. The number of rotatable bonds is 8. The smallest absolute Gasteiger partial charge is 0.308 e. The Morgan fingerprint density at radius 2 is 1.76 bits per heavy atom. The molecule has 0 aromatic heterocycles. The van der Waals surface area contributed by atoms with Crippen molar-refractivity contribution in [1.29, 1.82) is 0 Å². The van der Waals surface area contributed by atoms with Gasteiger partial charge in [0.1, 0.15) is 0 Å². The Kier molecular flexibility index (Phi) is 7.77. The van der Waals surface area contributed by atoms with E-state index in [1.165, 1.54) is 43.0 Å². The van der Waals surface area contributed by atoms with Crippen molar-refractivity contribution in [2.75, 3.05) is 10.6 Å². The summed E-state index contributed by atoms with van der Waals surface area (Å²) in [6, 6.07) is 12.7. The van der Waals surface area contributed by atoms with Crippen LogP contribution in [0.25, 0.3) is 0 Å². The molecule has 1 aliphatic heterocycles. The molecule has 0 saturated carbocycles. The van der Waals surface area contributed by atoms with E-state index in [0.29, 0.717) is 11.4 Å². The number of ether oxygens (including phenoxy) is 1. The lowest BCUT2D eigenvalue weighted by molar-refractivity contribution is -0.153. The van der Waals surface area contributed by atoms with Crippen LogP contribution in [0.4, 0.5) is 11.4 Å². The summed E-state index contributed by atoms with van der Waals surface area (Å²) in [5.74, 6) is -1.55. The average Bonchev–Trinajstić information content (AvgIpc) is 2.73. The fraction of sp³-hybridized carbons (Fsp3) is 0.318. The van der Waals surface area contributed by atoms with Gasteiger partial charge in [0.15, 0.2) is 6.10 Å². The fourth-order valence-electron chi connectivity index (χ4n) is 3.02. The zero-order valence-electron chi connectivity index (χ0n) is 18.3. The van der Waals surface area contributed by atoms with Crippen molar-refractivity contribution in [2.45, 2.75) is 54.4 Å². The molecule has 3 rings (SSSR count). The molecular weight excluding hydrogens is 466 g/mol. The Balaban J connectivity index is 1.53. The second kappa shape index (κ2) is 10.4. The van der Waals surface area contributed by atoms with Gasteiger partial charge in [-0.2, -0.15) is 0 Å². The van der Waals surface area contributed by atoms with Crippen LogP contribution in [0.5, 0.6) is 0 Å². The van der Waals surface area contributed by atoms with Crippen molar-refractivity contribution < 1.29 is 27.5 Å². The summed E-state index contributed by atoms with van der Waals surface area (Å²) in [5.41, 5.74) is 1.05. The summed E-state index contributed by atoms with van der Waals surface area (Å²) >= 11 is 1.27. The first-order chi connectivity index (χ1) is 15.5. The van der Waals surface area contributed by atoms with Crippen LogP contribution in [0.15, 0.2) is 58.3 Å². The van der Waals surface area contributed by atoms with E-state index in [-0.39, 0.29) is 23.3 Å². The van der Waals surface area contributed by atoms with Crippen LogP contribution >= 0.6 is 11.8 Å². The van der Waals surface area contributed by atoms with Crippen molar-refractivity contribution >= 4 is 50.9 Å². The molecule has 176 valence electrons. The zero-order chi connectivity index (χ0) is 24.2. The number of anilines is 2. The van der Waals surface area contributed by atoms with E-state index in [9.17, 15) is 22.8 Å². The van der Waals surface area contributed by atoms with Crippen LogP contribution in [0.1, 0.15) is 27.2 Å². The van der Waals surface area contributed by atoms with Gasteiger partial charge >= 0.3 is 5.97 Å². The van der Waals surface area contributed by atoms with Gasteiger partial charge in [0.2, 0.25) is 15.9 Å². The molecule has 3 N–H and O–H groups in total. The molecule has 0 spiro atoms. The second-order valence-electron chi connectivity index (χ2n) is 7.72. The number of esters is 1. The molecule has 1 heterocycles.